The molecule has 2 aromatic carbocycles. The van der Waals surface area contributed by atoms with Crippen molar-refractivity contribution in [2.75, 3.05) is 33.1 Å². The molecule has 1 amide bonds. The van der Waals surface area contributed by atoms with Crippen LogP contribution in [0.15, 0.2) is 30.3 Å². The molecule has 0 fully saturated rings. The summed E-state index contributed by atoms with van der Waals surface area (Å²) in [5.41, 5.74) is 2.81. The Labute approximate surface area is 163 Å². The van der Waals surface area contributed by atoms with Crippen LogP contribution in [-0.2, 0) is 11.3 Å². The third-order valence-corrected chi connectivity index (χ3v) is 4.74. The predicted molar refractivity (Wildman–Crippen MR) is 105 cm³/mol. The molecule has 0 radical (unpaired) electrons. The minimum Gasteiger partial charge on any atom is -0.493 e. The molecule has 0 aliphatic rings. The summed E-state index contributed by atoms with van der Waals surface area (Å²) < 4.78 is 10.7. The number of rotatable bonds is 7. The number of ether oxygens (including phenoxy) is 2. The highest BCUT2D eigenvalue weighted by Crippen LogP contribution is 2.30. The fourth-order valence-corrected chi connectivity index (χ4v) is 2.95. The van der Waals surface area contributed by atoms with Crippen LogP contribution in [0.1, 0.15) is 11.1 Å². The third-order valence-electron chi connectivity index (χ3n) is 4.00. The quantitative estimate of drug-likeness (QED) is 0.754. The second-order valence-electron chi connectivity index (χ2n) is 6.12. The summed E-state index contributed by atoms with van der Waals surface area (Å²) in [5.74, 6) is 1.28. The van der Waals surface area contributed by atoms with Gasteiger partial charge in [-0.3, -0.25) is 4.79 Å². The van der Waals surface area contributed by atoms with Crippen LogP contribution in [0.25, 0.3) is 0 Å². The third kappa shape index (κ3) is 5.27. The first-order valence-electron chi connectivity index (χ1n) is 8.11. The van der Waals surface area contributed by atoms with E-state index in [9.17, 15) is 4.79 Å². The normalized spacial score (nSPS) is 11.8. The standard InChI is InChI=1S/C19H22Cl2N2O3/c1-12-7-17(25-3)18(26-4)8-13(12)10-23(2)11-19(24)22-14-5-6-15(20)16(21)9-14/h5-9H,10-11H2,1-4H3,(H,22,24)/p+1. The number of anilines is 1. The van der Waals surface area contributed by atoms with E-state index >= 15 is 0 Å². The fourth-order valence-electron chi connectivity index (χ4n) is 2.65. The molecule has 2 aromatic rings. The van der Waals surface area contributed by atoms with Gasteiger partial charge in [-0.25, -0.2) is 0 Å². The first-order chi connectivity index (χ1) is 12.3. The van der Waals surface area contributed by atoms with Crippen molar-refractivity contribution in [3.05, 3.63) is 51.5 Å². The van der Waals surface area contributed by atoms with Gasteiger partial charge >= 0.3 is 0 Å². The van der Waals surface area contributed by atoms with E-state index in [4.69, 9.17) is 32.7 Å². The van der Waals surface area contributed by atoms with Crippen molar-refractivity contribution in [1.82, 2.24) is 0 Å². The van der Waals surface area contributed by atoms with Crippen LogP contribution in [0.5, 0.6) is 11.5 Å². The minimum atomic E-state index is -0.0981. The first-order valence-corrected chi connectivity index (χ1v) is 8.87. The highest BCUT2D eigenvalue weighted by atomic mass is 35.5. The van der Waals surface area contributed by atoms with Crippen molar-refractivity contribution in [1.29, 1.82) is 0 Å². The van der Waals surface area contributed by atoms with Crippen molar-refractivity contribution in [3.63, 3.8) is 0 Å². The lowest BCUT2D eigenvalue weighted by Crippen LogP contribution is -3.08. The van der Waals surface area contributed by atoms with Crippen LogP contribution in [0.4, 0.5) is 5.69 Å². The monoisotopic (exact) mass is 397 g/mol. The summed E-state index contributed by atoms with van der Waals surface area (Å²) in [7, 11) is 5.19. The number of carbonyl (C=O) groups excluding carboxylic acids is 1. The van der Waals surface area contributed by atoms with Gasteiger partial charge in [0.15, 0.2) is 18.0 Å². The highest BCUT2D eigenvalue weighted by Gasteiger charge is 2.15. The average Bonchev–Trinajstić information content (AvgIpc) is 2.59. The molecule has 0 saturated heterocycles. The van der Waals surface area contributed by atoms with Gasteiger partial charge in [0.2, 0.25) is 0 Å². The zero-order valence-corrected chi connectivity index (χ0v) is 16.8. The van der Waals surface area contributed by atoms with E-state index in [1.54, 1.807) is 32.4 Å². The van der Waals surface area contributed by atoms with Crippen molar-refractivity contribution in [2.24, 2.45) is 0 Å². The number of carbonyl (C=O) groups is 1. The topological polar surface area (TPSA) is 52.0 Å². The lowest BCUT2D eigenvalue weighted by atomic mass is 10.1. The number of benzene rings is 2. The van der Waals surface area contributed by atoms with Crippen LogP contribution < -0.4 is 19.7 Å². The Balaban J connectivity index is 2.00. The Bertz CT molecular complexity index is 797. The lowest BCUT2D eigenvalue weighted by Gasteiger charge is -2.17. The Hall–Kier alpha value is -1.95. The molecule has 0 saturated carbocycles. The number of likely N-dealkylation sites (N-methyl/N-ethyl adjacent to an activating group) is 1. The Morgan fingerprint density at radius 1 is 1.08 bits per heavy atom. The van der Waals surface area contributed by atoms with Gasteiger partial charge in [-0.15, -0.1) is 0 Å². The van der Waals surface area contributed by atoms with Crippen LogP contribution in [0, 0.1) is 6.92 Å². The van der Waals surface area contributed by atoms with Gasteiger partial charge in [0, 0.05) is 11.3 Å². The lowest BCUT2D eigenvalue weighted by molar-refractivity contribution is -0.885. The van der Waals surface area contributed by atoms with E-state index < -0.39 is 0 Å². The molecule has 0 aliphatic carbocycles. The molecule has 2 N–H and O–H groups in total. The largest absolute Gasteiger partial charge is 0.493 e. The zero-order chi connectivity index (χ0) is 19.3. The minimum absolute atomic E-state index is 0.0981. The maximum Gasteiger partial charge on any atom is 0.279 e. The summed E-state index contributed by atoms with van der Waals surface area (Å²) in [4.78, 5) is 13.3. The van der Waals surface area contributed by atoms with Crippen LogP contribution >= 0.6 is 23.2 Å². The first kappa shape index (κ1) is 20.4. The number of methoxy groups -OCH3 is 2. The molecule has 140 valence electrons. The summed E-state index contributed by atoms with van der Waals surface area (Å²) >= 11 is 11.9. The van der Waals surface area contributed by atoms with Gasteiger partial charge in [0.05, 0.1) is 31.3 Å². The summed E-state index contributed by atoms with van der Waals surface area (Å²) in [6, 6.07) is 8.91. The van der Waals surface area contributed by atoms with E-state index in [1.165, 1.54) is 0 Å². The molecule has 0 aromatic heterocycles. The molecule has 1 unspecified atom stereocenters. The number of quaternary nitrogens is 1. The van der Waals surface area contributed by atoms with Gasteiger partial charge in [0.25, 0.3) is 5.91 Å². The van der Waals surface area contributed by atoms with Gasteiger partial charge in [-0.05, 0) is 42.8 Å². The predicted octanol–water partition coefficient (Wildman–Crippen LogP) is 2.97. The van der Waals surface area contributed by atoms with E-state index in [0.717, 1.165) is 16.0 Å². The van der Waals surface area contributed by atoms with Crippen LogP contribution in [-0.4, -0.2) is 33.7 Å². The molecular weight excluding hydrogens is 375 g/mol. The second-order valence-corrected chi connectivity index (χ2v) is 6.94. The Morgan fingerprint density at radius 2 is 1.73 bits per heavy atom. The van der Waals surface area contributed by atoms with Gasteiger partial charge in [-0.1, -0.05) is 23.2 Å². The van der Waals surface area contributed by atoms with Crippen molar-refractivity contribution < 1.29 is 19.2 Å². The Kier molecular flexibility index (Phi) is 7.14. The van der Waals surface area contributed by atoms with E-state index in [2.05, 4.69) is 5.32 Å². The van der Waals surface area contributed by atoms with Gasteiger partial charge in [0.1, 0.15) is 6.54 Å². The molecule has 0 heterocycles. The molecule has 0 bridgehead atoms. The highest BCUT2D eigenvalue weighted by molar-refractivity contribution is 6.42. The van der Waals surface area contributed by atoms with E-state index in [1.807, 2.05) is 26.1 Å². The molecule has 0 spiro atoms. The number of aryl methyl sites for hydroxylation is 1. The number of amides is 1. The number of hydrogen-bond donors (Lipinski definition) is 2. The Morgan fingerprint density at radius 3 is 2.35 bits per heavy atom. The molecule has 2 rings (SSSR count). The summed E-state index contributed by atoms with van der Waals surface area (Å²) in [5, 5.41) is 3.70. The molecule has 5 nitrogen and oxygen atoms in total. The summed E-state index contributed by atoms with van der Waals surface area (Å²) in [6.07, 6.45) is 0. The SMILES string of the molecule is COc1cc(C)c(C[NH+](C)CC(=O)Nc2ccc(Cl)c(Cl)c2)cc1OC. The van der Waals surface area contributed by atoms with Gasteiger partial charge in [-0.2, -0.15) is 0 Å². The smallest absolute Gasteiger partial charge is 0.279 e. The number of halogens is 2. The van der Waals surface area contributed by atoms with E-state index in [0.29, 0.717) is 40.3 Å². The molecule has 7 heteroatoms. The average molecular weight is 398 g/mol. The zero-order valence-electron chi connectivity index (χ0n) is 15.3. The van der Waals surface area contributed by atoms with Crippen LogP contribution in [0.2, 0.25) is 10.0 Å². The number of nitrogens with one attached hydrogen (secondary N) is 2. The van der Waals surface area contributed by atoms with E-state index in [-0.39, 0.29) is 5.91 Å². The maximum atomic E-state index is 12.3. The molecule has 1 atom stereocenters. The summed E-state index contributed by atoms with van der Waals surface area (Å²) in [6.45, 7) is 3.01. The molecular formula is C19H23Cl2N2O3+. The van der Waals surface area contributed by atoms with Crippen molar-refractivity contribution in [3.8, 4) is 11.5 Å². The number of hydrogen-bond acceptors (Lipinski definition) is 3. The van der Waals surface area contributed by atoms with Crippen molar-refractivity contribution in [2.45, 2.75) is 13.5 Å². The molecule has 0 aliphatic heterocycles. The fraction of sp³-hybridized carbons (Fsp3) is 0.316. The van der Waals surface area contributed by atoms with Gasteiger partial charge < -0.3 is 19.7 Å². The maximum absolute atomic E-state index is 12.3. The molecule has 26 heavy (non-hydrogen) atoms. The second kappa shape index (κ2) is 9.12. The van der Waals surface area contributed by atoms with Crippen LogP contribution in [0.3, 0.4) is 0 Å². The van der Waals surface area contributed by atoms with Crippen molar-refractivity contribution >= 4 is 34.8 Å².